The predicted octanol–water partition coefficient (Wildman–Crippen LogP) is 4.08. The van der Waals surface area contributed by atoms with Gasteiger partial charge in [-0.05, 0) is 23.8 Å². The molecule has 0 unspecified atom stereocenters. The van der Waals surface area contributed by atoms with Crippen LogP contribution in [0.3, 0.4) is 0 Å². The molecule has 0 fully saturated rings. The lowest BCUT2D eigenvalue weighted by atomic mass is 9.97. The van der Waals surface area contributed by atoms with Crippen molar-refractivity contribution in [3.05, 3.63) is 32.9 Å². The number of hydrogen-bond acceptors (Lipinski definition) is 5. The molecule has 2 aromatic heterocycles. The molecule has 0 aliphatic rings. The fraction of sp³-hybridized carbons (Fsp3) is 0.357. The summed E-state index contributed by atoms with van der Waals surface area (Å²) in [6.07, 6.45) is 1.42. The Kier molecular flexibility index (Phi) is 4.40. The minimum Gasteiger partial charge on any atom is -0.465 e. The van der Waals surface area contributed by atoms with Crippen molar-refractivity contribution < 1.29 is 9.53 Å². The van der Waals surface area contributed by atoms with Crippen molar-refractivity contribution in [2.75, 3.05) is 7.11 Å². The maximum absolute atomic E-state index is 11.9. The van der Waals surface area contributed by atoms with Crippen molar-refractivity contribution in [2.45, 2.75) is 26.7 Å². The summed E-state index contributed by atoms with van der Waals surface area (Å²) in [7, 11) is 1.37. The van der Waals surface area contributed by atoms with Gasteiger partial charge in [0, 0.05) is 11.1 Å². The van der Waals surface area contributed by atoms with Crippen LogP contribution in [0, 0.1) is 6.92 Å². The van der Waals surface area contributed by atoms with E-state index in [9.17, 15) is 4.79 Å². The minimum absolute atomic E-state index is 0.156. The van der Waals surface area contributed by atoms with Gasteiger partial charge in [0.05, 0.1) is 12.8 Å². The maximum Gasteiger partial charge on any atom is 0.348 e. The van der Waals surface area contributed by atoms with E-state index < -0.39 is 0 Å². The van der Waals surface area contributed by atoms with E-state index in [1.807, 2.05) is 26.2 Å². The molecule has 0 bridgehead atoms. The Hall–Kier alpha value is -1.46. The molecule has 2 aromatic rings. The summed E-state index contributed by atoms with van der Waals surface area (Å²) in [5, 5.41) is 2.34. The summed E-state index contributed by atoms with van der Waals surface area (Å²) in [5.41, 5.74) is 3.32. The molecular formula is C14H15ClN2O2S. The average molecular weight is 311 g/mol. The zero-order chi connectivity index (χ0) is 14.9. The van der Waals surface area contributed by atoms with Crippen LogP contribution in [0.25, 0.3) is 11.3 Å². The number of carbonyl (C=O) groups is 1. The lowest BCUT2D eigenvalue weighted by Crippen LogP contribution is -2.04. The molecule has 0 spiro atoms. The van der Waals surface area contributed by atoms with Gasteiger partial charge < -0.3 is 4.74 Å². The second kappa shape index (κ2) is 5.89. The van der Waals surface area contributed by atoms with Crippen LogP contribution >= 0.6 is 22.9 Å². The molecule has 0 N–H and O–H groups in total. The zero-order valence-corrected chi connectivity index (χ0v) is 13.3. The first-order valence-electron chi connectivity index (χ1n) is 6.14. The van der Waals surface area contributed by atoms with E-state index in [-0.39, 0.29) is 11.9 Å². The molecule has 6 heteroatoms. The molecule has 0 aliphatic heterocycles. The summed E-state index contributed by atoms with van der Waals surface area (Å²) >= 11 is 7.55. The van der Waals surface area contributed by atoms with Crippen LogP contribution in [0.5, 0.6) is 0 Å². The van der Waals surface area contributed by atoms with Gasteiger partial charge in [-0.15, -0.1) is 11.3 Å². The first kappa shape index (κ1) is 14.9. The van der Waals surface area contributed by atoms with E-state index in [1.54, 1.807) is 0 Å². The van der Waals surface area contributed by atoms with Gasteiger partial charge in [0.2, 0.25) is 0 Å². The first-order chi connectivity index (χ1) is 9.47. The van der Waals surface area contributed by atoms with E-state index in [0.717, 1.165) is 16.7 Å². The van der Waals surface area contributed by atoms with Gasteiger partial charge in [0.25, 0.3) is 0 Å². The number of ether oxygens (including phenoxy) is 1. The number of thiophene rings is 1. The van der Waals surface area contributed by atoms with Crippen LogP contribution in [0.2, 0.25) is 5.15 Å². The minimum atomic E-state index is -0.359. The standard InChI is InChI=1S/C14H15ClN2O2S/c1-7(2)9-11(16-6-17-13(9)15)10-8(3)5-20-12(10)14(18)19-4/h5-7H,1-4H3. The van der Waals surface area contributed by atoms with Crippen molar-refractivity contribution in [2.24, 2.45) is 0 Å². The molecule has 4 nitrogen and oxygen atoms in total. The highest BCUT2D eigenvalue weighted by Gasteiger charge is 2.24. The van der Waals surface area contributed by atoms with E-state index >= 15 is 0 Å². The maximum atomic E-state index is 11.9. The lowest BCUT2D eigenvalue weighted by Gasteiger charge is -2.13. The molecule has 20 heavy (non-hydrogen) atoms. The summed E-state index contributed by atoms with van der Waals surface area (Å²) in [4.78, 5) is 20.8. The van der Waals surface area contributed by atoms with Gasteiger partial charge in [-0.2, -0.15) is 0 Å². The largest absolute Gasteiger partial charge is 0.465 e. The highest BCUT2D eigenvalue weighted by molar-refractivity contribution is 7.12. The van der Waals surface area contributed by atoms with Gasteiger partial charge in [-0.1, -0.05) is 25.4 Å². The molecule has 106 valence electrons. The Morgan fingerprint density at radius 1 is 1.40 bits per heavy atom. The number of aromatic nitrogens is 2. The molecule has 0 atom stereocenters. The molecule has 0 aliphatic carbocycles. The van der Waals surface area contributed by atoms with Gasteiger partial charge in [-0.3, -0.25) is 0 Å². The van der Waals surface area contributed by atoms with Crippen molar-refractivity contribution >= 4 is 28.9 Å². The smallest absolute Gasteiger partial charge is 0.348 e. The number of methoxy groups -OCH3 is 1. The Bertz CT molecular complexity index is 653. The zero-order valence-electron chi connectivity index (χ0n) is 11.7. The quantitative estimate of drug-likeness (QED) is 0.633. The summed E-state index contributed by atoms with van der Waals surface area (Å²) in [6.45, 7) is 5.99. The molecule has 0 saturated heterocycles. The summed E-state index contributed by atoms with van der Waals surface area (Å²) in [5.74, 6) is -0.203. The number of esters is 1. The third-order valence-corrected chi connectivity index (χ3v) is 4.37. The second-order valence-corrected chi connectivity index (χ2v) is 5.93. The van der Waals surface area contributed by atoms with Gasteiger partial charge >= 0.3 is 5.97 Å². The Morgan fingerprint density at radius 3 is 2.70 bits per heavy atom. The van der Waals surface area contributed by atoms with Crippen molar-refractivity contribution in [1.29, 1.82) is 0 Å². The van der Waals surface area contributed by atoms with E-state index in [0.29, 0.717) is 15.7 Å². The number of nitrogens with zero attached hydrogens (tertiary/aromatic N) is 2. The SMILES string of the molecule is COC(=O)c1scc(C)c1-c1ncnc(Cl)c1C(C)C. The number of halogens is 1. The van der Waals surface area contributed by atoms with Crippen molar-refractivity contribution in [3.63, 3.8) is 0 Å². The van der Waals surface area contributed by atoms with E-state index in [4.69, 9.17) is 16.3 Å². The third-order valence-electron chi connectivity index (χ3n) is 3.00. The molecular weight excluding hydrogens is 296 g/mol. The fourth-order valence-electron chi connectivity index (χ4n) is 2.07. The van der Waals surface area contributed by atoms with Gasteiger partial charge in [0.15, 0.2) is 0 Å². The Labute approximate surface area is 126 Å². The highest BCUT2D eigenvalue weighted by atomic mass is 35.5. The predicted molar refractivity (Wildman–Crippen MR) is 80.5 cm³/mol. The van der Waals surface area contributed by atoms with Crippen LogP contribution in [-0.4, -0.2) is 23.0 Å². The fourth-order valence-corrected chi connectivity index (χ4v) is 3.39. The Balaban J connectivity index is 2.72. The average Bonchev–Trinajstić information content (AvgIpc) is 2.78. The molecule has 2 heterocycles. The van der Waals surface area contributed by atoms with Gasteiger partial charge in [0.1, 0.15) is 16.4 Å². The van der Waals surface area contributed by atoms with E-state index in [1.165, 1.54) is 24.8 Å². The summed E-state index contributed by atoms with van der Waals surface area (Å²) in [6, 6.07) is 0. The van der Waals surface area contributed by atoms with Crippen LogP contribution in [-0.2, 0) is 4.74 Å². The monoisotopic (exact) mass is 310 g/mol. The Morgan fingerprint density at radius 2 is 2.10 bits per heavy atom. The first-order valence-corrected chi connectivity index (χ1v) is 7.40. The molecule has 0 saturated carbocycles. The van der Waals surface area contributed by atoms with Gasteiger partial charge in [-0.25, -0.2) is 14.8 Å². The highest BCUT2D eigenvalue weighted by Crippen LogP contribution is 2.38. The van der Waals surface area contributed by atoms with Crippen LogP contribution in [0.1, 0.15) is 40.6 Å². The topological polar surface area (TPSA) is 52.1 Å². The molecule has 0 aromatic carbocycles. The van der Waals surface area contributed by atoms with Crippen molar-refractivity contribution in [3.8, 4) is 11.3 Å². The molecule has 0 radical (unpaired) electrons. The van der Waals surface area contributed by atoms with Crippen LogP contribution in [0.15, 0.2) is 11.7 Å². The number of rotatable bonds is 3. The second-order valence-electron chi connectivity index (χ2n) is 4.70. The van der Waals surface area contributed by atoms with E-state index in [2.05, 4.69) is 9.97 Å². The lowest BCUT2D eigenvalue weighted by molar-refractivity contribution is 0.0607. The molecule has 0 amide bonds. The normalized spacial score (nSPS) is 10.9. The third kappa shape index (κ3) is 2.55. The number of carbonyl (C=O) groups excluding carboxylic acids is 1. The summed E-state index contributed by atoms with van der Waals surface area (Å²) < 4.78 is 4.84. The number of aryl methyl sites for hydroxylation is 1. The van der Waals surface area contributed by atoms with Crippen LogP contribution < -0.4 is 0 Å². The molecule has 2 rings (SSSR count). The van der Waals surface area contributed by atoms with Crippen LogP contribution in [0.4, 0.5) is 0 Å². The number of hydrogen-bond donors (Lipinski definition) is 0. The van der Waals surface area contributed by atoms with Crippen molar-refractivity contribution in [1.82, 2.24) is 9.97 Å².